The Bertz CT molecular complexity index is 651. The Morgan fingerprint density at radius 2 is 2.15 bits per heavy atom. The Hall–Kier alpha value is -2.41. The first-order valence-corrected chi connectivity index (χ1v) is 5.95. The second-order valence-electron chi connectivity index (χ2n) is 3.91. The van der Waals surface area contributed by atoms with Crippen molar-refractivity contribution in [3.63, 3.8) is 0 Å². The van der Waals surface area contributed by atoms with Crippen molar-refractivity contribution < 1.29 is 19.1 Å². The molecule has 0 spiro atoms. The molecule has 0 saturated carbocycles. The zero-order chi connectivity index (χ0) is 14.7. The van der Waals surface area contributed by atoms with E-state index in [1.165, 1.54) is 18.2 Å². The monoisotopic (exact) mass is 295 g/mol. The molecular formula is C12H10ClN3O4. The number of carbonyl (C=O) groups excluding carboxylic acids is 1. The van der Waals surface area contributed by atoms with Crippen LogP contribution in [0.3, 0.4) is 0 Å². The number of hydrogen-bond acceptors (Lipinski definition) is 5. The lowest BCUT2D eigenvalue weighted by molar-refractivity contribution is 0.0694. The summed E-state index contributed by atoms with van der Waals surface area (Å²) < 4.78 is 5.23. The van der Waals surface area contributed by atoms with Crippen LogP contribution >= 0.6 is 11.6 Å². The molecule has 7 nitrogen and oxygen atoms in total. The predicted octanol–water partition coefficient (Wildman–Crippen LogP) is 1.66. The lowest BCUT2D eigenvalue weighted by atomic mass is 10.2. The van der Waals surface area contributed by atoms with E-state index >= 15 is 0 Å². The van der Waals surface area contributed by atoms with E-state index in [9.17, 15) is 9.59 Å². The van der Waals surface area contributed by atoms with E-state index < -0.39 is 11.9 Å². The number of aryl methyl sites for hydroxylation is 1. The van der Waals surface area contributed by atoms with E-state index in [2.05, 4.69) is 15.5 Å². The SMILES string of the molecule is Cc1oc(CNC(=O)c2ccc(Cl)nn2)cc1C(=O)O. The smallest absolute Gasteiger partial charge is 0.339 e. The fourth-order valence-electron chi connectivity index (χ4n) is 1.54. The van der Waals surface area contributed by atoms with E-state index in [0.717, 1.165) is 0 Å². The van der Waals surface area contributed by atoms with E-state index in [-0.39, 0.29) is 28.7 Å². The molecule has 0 radical (unpaired) electrons. The fraction of sp³-hybridized carbons (Fsp3) is 0.167. The third kappa shape index (κ3) is 3.12. The first-order chi connectivity index (χ1) is 9.47. The molecule has 1 amide bonds. The van der Waals surface area contributed by atoms with Gasteiger partial charge in [0.2, 0.25) is 0 Å². The Balaban J connectivity index is 2.01. The summed E-state index contributed by atoms with van der Waals surface area (Å²) in [6.07, 6.45) is 0. The number of rotatable bonds is 4. The number of nitrogens with zero attached hydrogens (tertiary/aromatic N) is 2. The molecule has 2 rings (SSSR count). The third-order valence-electron chi connectivity index (χ3n) is 2.49. The van der Waals surface area contributed by atoms with E-state index in [4.69, 9.17) is 21.1 Å². The molecule has 20 heavy (non-hydrogen) atoms. The van der Waals surface area contributed by atoms with Gasteiger partial charge in [-0.25, -0.2) is 4.79 Å². The number of furan rings is 1. The normalized spacial score (nSPS) is 10.3. The summed E-state index contributed by atoms with van der Waals surface area (Å²) in [5, 5.41) is 18.8. The lowest BCUT2D eigenvalue weighted by Crippen LogP contribution is -2.23. The summed E-state index contributed by atoms with van der Waals surface area (Å²) in [5.74, 6) is -0.907. The molecule has 2 N–H and O–H groups in total. The van der Waals surface area contributed by atoms with Crippen molar-refractivity contribution in [3.8, 4) is 0 Å². The minimum absolute atomic E-state index is 0.0528. The Labute approximate surface area is 118 Å². The first-order valence-electron chi connectivity index (χ1n) is 5.57. The molecular weight excluding hydrogens is 286 g/mol. The van der Waals surface area contributed by atoms with Gasteiger partial charge in [-0.15, -0.1) is 10.2 Å². The summed E-state index contributed by atoms with van der Waals surface area (Å²) >= 11 is 5.56. The number of hydrogen-bond donors (Lipinski definition) is 2. The van der Waals surface area contributed by atoms with Gasteiger partial charge in [-0.05, 0) is 25.1 Å². The van der Waals surface area contributed by atoms with Crippen molar-refractivity contribution in [1.82, 2.24) is 15.5 Å². The fourth-order valence-corrected chi connectivity index (χ4v) is 1.64. The maximum absolute atomic E-state index is 11.7. The molecule has 104 valence electrons. The highest BCUT2D eigenvalue weighted by Crippen LogP contribution is 2.14. The largest absolute Gasteiger partial charge is 0.478 e. The highest BCUT2D eigenvalue weighted by molar-refractivity contribution is 6.29. The first kappa shape index (κ1) is 14.0. The highest BCUT2D eigenvalue weighted by atomic mass is 35.5. The topological polar surface area (TPSA) is 105 Å². The van der Waals surface area contributed by atoms with Crippen molar-refractivity contribution in [2.75, 3.05) is 0 Å². The van der Waals surface area contributed by atoms with E-state index in [1.807, 2.05) is 0 Å². The third-order valence-corrected chi connectivity index (χ3v) is 2.69. The van der Waals surface area contributed by atoms with E-state index in [1.54, 1.807) is 6.92 Å². The summed E-state index contributed by atoms with van der Waals surface area (Å²) in [7, 11) is 0. The number of nitrogens with one attached hydrogen (secondary N) is 1. The number of carbonyl (C=O) groups is 2. The number of halogens is 1. The van der Waals surface area contributed by atoms with Gasteiger partial charge >= 0.3 is 5.97 Å². The van der Waals surface area contributed by atoms with Crippen LogP contribution in [0.25, 0.3) is 0 Å². The molecule has 0 bridgehead atoms. The van der Waals surface area contributed by atoms with Gasteiger partial charge in [-0.2, -0.15) is 0 Å². The standard InChI is InChI=1S/C12H10ClN3O4/c1-6-8(12(18)19)4-7(20-6)5-14-11(17)9-2-3-10(13)16-15-9/h2-4H,5H2,1H3,(H,14,17)(H,18,19). The summed E-state index contributed by atoms with van der Waals surface area (Å²) in [6.45, 7) is 1.59. The summed E-state index contributed by atoms with van der Waals surface area (Å²) in [5.41, 5.74) is 0.177. The number of carboxylic acid groups (broad SMARTS) is 1. The number of carboxylic acids is 1. The van der Waals surface area contributed by atoms with Gasteiger partial charge in [-0.3, -0.25) is 4.79 Å². The van der Waals surface area contributed by atoms with Crippen LogP contribution in [-0.2, 0) is 6.54 Å². The molecule has 2 heterocycles. The van der Waals surface area contributed by atoms with Crippen LogP contribution in [0.1, 0.15) is 32.4 Å². The Kier molecular flexibility index (Phi) is 3.99. The number of aromatic carboxylic acids is 1. The van der Waals surface area contributed by atoms with Crippen LogP contribution in [0.15, 0.2) is 22.6 Å². The van der Waals surface area contributed by atoms with Gasteiger partial charge in [0, 0.05) is 0 Å². The van der Waals surface area contributed by atoms with Crippen molar-refractivity contribution in [2.24, 2.45) is 0 Å². The summed E-state index contributed by atoms with van der Waals surface area (Å²) in [4.78, 5) is 22.6. The van der Waals surface area contributed by atoms with Crippen LogP contribution in [0, 0.1) is 6.92 Å². The van der Waals surface area contributed by atoms with Crippen molar-refractivity contribution >= 4 is 23.5 Å². The molecule has 2 aromatic rings. The van der Waals surface area contributed by atoms with E-state index in [0.29, 0.717) is 5.76 Å². The van der Waals surface area contributed by atoms with Crippen molar-refractivity contribution in [3.05, 3.63) is 46.1 Å². The second-order valence-corrected chi connectivity index (χ2v) is 4.30. The van der Waals surface area contributed by atoms with Gasteiger partial charge in [0.25, 0.3) is 5.91 Å². The average molecular weight is 296 g/mol. The van der Waals surface area contributed by atoms with Crippen LogP contribution in [0.5, 0.6) is 0 Å². The molecule has 0 fully saturated rings. The number of amides is 1. The Morgan fingerprint density at radius 1 is 1.40 bits per heavy atom. The maximum atomic E-state index is 11.7. The molecule has 0 aliphatic heterocycles. The number of aromatic nitrogens is 2. The van der Waals surface area contributed by atoms with Gasteiger partial charge < -0.3 is 14.8 Å². The summed E-state index contributed by atoms with van der Waals surface area (Å²) in [6, 6.07) is 4.25. The minimum Gasteiger partial charge on any atom is -0.478 e. The van der Waals surface area contributed by atoms with Crippen molar-refractivity contribution in [2.45, 2.75) is 13.5 Å². The molecule has 0 aromatic carbocycles. The van der Waals surface area contributed by atoms with Gasteiger partial charge in [0.15, 0.2) is 10.8 Å². The second kappa shape index (κ2) is 5.70. The molecule has 0 saturated heterocycles. The Morgan fingerprint density at radius 3 is 2.70 bits per heavy atom. The predicted molar refractivity (Wildman–Crippen MR) is 68.6 cm³/mol. The lowest BCUT2D eigenvalue weighted by Gasteiger charge is -2.01. The molecule has 2 aromatic heterocycles. The van der Waals surface area contributed by atoms with Crippen LogP contribution in [0.2, 0.25) is 5.15 Å². The molecule has 8 heteroatoms. The van der Waals surface area contributed by atoms with Crippen LogP contribution in [0.4, 0.5) is 0 Å². The van der Waals surface area contributed by atoms with Crippen LogP contribution < -0.4 is 5.32 Å². The van der Waals surface area contributed by atoms with Gasteiger partial charge in [-0.1, -0.05) is 11.6 Å². The average Bonchev–Trinajstić information content (AvgIpc) is 2.78. The molecule has 0 aliphatic rings. The van der Waals surface area contributed by atoms with Crippen molar-refractivity contribution in [1.29, 1.82) is 0 Å². The molecule has 0 aliphatic carbocycles. The zero-order valence-electron chi connectivity index (χ0n) is 10.4. The molecule has 0 atom stereocenters. The minimum atomic E-state index is -1.08. The zero-order valence-corrected chi connectivity index (χ0v) is 11.1. The van der Waals surface area contributed by atoms with Gasteiger partial charge in [0.1, 0.15) is 17.1 Å². The highest BCUT2D eigenvalue weighted by Gasteiger charge is 2.15. The maximum Gasteiger partial charge on any atom is 0.339 e. The van der Waals surface area contributed by atoms with Gasteiger partial charge in [0.05, 0.1) is 6.54 Å². The quantitative estimate of drug-likeness (QED) is 0.888. The molecule has 0 unspecified atom stereocenters. The van der Waals surface area contributed by atoms with Crippen LogP contribution in [-0.4, -0.2) is 27.2 Å².